The number of hydrogen-bond acceptors (Lipinski definition) is 4. The SMILES string of the molecule is Cc1ccccc1CCc1nc(CO)no1. The van der Waals surface area contributed by atoms with E-state index in [2.05, 4.69) is 29.2 Å². The highest BCUT2D eigenvalue weighted by atomic mass is 16.5. The minimum atomic E-state index is -0.173. The minimum absolute atomic E-state index is 0.173. The van der Waals surface area contributed by atoms with Crippen molar-refractivity contribution in [2.75, 3.05) is 0 Å². The summed E-state index contributed by atoms with van der Waals surface area (Å²) in [6.07, 6.45) is 1.58. The van der Waals surface area contributed by atoms with Gasteiger partial charge in [0.15, 0.2) is 5.82 Å². The van der Waals surface area contributed by atoms with Gasteiger partial charge in [-0.05, 0) is 24.5 Å². The molecule has 0 atom stereocenters. The summed E-state index contributed by atoms with van der Waals surface area (Å²) in [4.78, 5) is 4.05. The van der Waals surface area contributed by atoms with Crippen molar-refractivity contribution in [3.8, 4) is 0 Å². The fourth-order valence-electron chi connectivity index (χ4n) is 1.59. The number of rotatable bonds is 4. The highest BCUT2D eigenvalue weighted by molar-refractivity contribution is 5.25. The monoisotopic (exact) mass is 218 g/mol. The number of aliphatic hydroxyl groups is 1. The molecule has 0 amide bonds. The van der Waals surface area contributed by atoms with Crippen molar-refractivity contribution >= 4 is 0 Å². The fraction of sp³-hybridized carbons (Fsp3) is 0.333. The molecule has 0 spiro atoms. The average Bonchev–Trinajstić information content (AvgIpc) is 2.76. The molecule has 0 fully saturated rings. The topological polar surface area (TPSA) is 59.2 Å². The van der Waals surface area contributed by atoms with E-state index in [4.69, 9.17) is 9.63 Å². The van der Waals surface area contributed by atoms with E-state index in [0.717, 1.165) is 6.42 Å². The molecule has 0 unspecified atom stereocenters. The molecular formula is C12H14N2O2. The van der Waals surface area contributed by atoms with E-state index in [1.54, 1.807) is 0 Å². The Kier molecular flexibility index (Phi) is 3.31. The van der Waals surface area contributed by atoms with Crippen LogP contribution in [0.5, 0.6) is 0 Å². The quantitative estimate of drug-likeness (QED) is 0.847. The van der Waals surface area contributed by atoms with E-state index in [1.807, 2.05) is 12.1 Å². The molecule has 2 rings (SSSR count). The Hall–Kier alpha value is -1.68. The van der Waals surface area contributed by atoms with Crippen LogP contribution in [0, 0.1) is 6.92 Å². The van der Waals surface area contributed by atoms with Crippen molar-refractivity contribution in [2.24, 2.45) is 0 Å². The highest BCUT2D eigenvalue weighted by Crippen LogP contribution is 2.10. The third-order valence-corrected chi connectivity index (χ3v) is 2.52. The summed E-state index contributed by atoms with van der Waals surface area (Å²) >= 11 is 0. The number of aromatic nitrogens is 2. The minimum Gasteiger partial charge on any atom is -0.388 e. The molecule has 0 aliphatic carbocycles. The summed E-state index contributed by atoms with van der Waals surface area (Å²) < 4.78 is 5.00. The first-order valence-electron chi connectivity index (χ1n) is 5.26. The lowest BCUT2D eigenvalue weighted by Crippen LogP contribution is -1.94. The lowest BCUT2D eigenvalue weighted by Gasteiger charge is -2.02. The molecule has 4 nitrogen and oxygen atoms in total. The second-order valence-electron chi connectivity index (χ2n) is 3.69. The zero-order chi connectivity index (χ0) is 11.4. The Balaban J connectivity index is 1.99. The average molecular weight is 218 g/mol. The van der Waals surface area contributed by atoms with E-state index < -0.39 is 0 Å². The molecule has 2 aromatic rings. The third kappa shape index (κ3) is 2.46. The van der Waals surface area contributed by atoms with Crippen LogP contribution in [0.4, 0.5) is 0 Å². The number of aryl methyl sites for hydroxylation is 3. The van der Waals surface area contributed by atoms with Crippen LogP contribution < -0.4 is 0 Å². The van der Waals surface area contributed by atoms with E-state index in [-0.39, 0.29) is 6.61 Å². The normalized spacial score (nSPS) is 10.6. The van der Waals surface area contributed by atoms with Crippen LogP contribution in [0.1, 0.15) is 22.8 Å². The maximum absolute atomic E-state index is 8.80. The molecule has 4 heteroatoms. The van der Waals surface area contributed by atoms with Crippen molar-refractivity contribution in [3.63, 3.8) is 0 Å². The first-order chi connectivity index (χ1) is 7.79. The Morgan fingerprint density at radius 1 is 1.25 bits per heavy atom. The molecule has 1 heterocycles. The summed E-state index contributed by atoms with van der Waals surface area (Å²) in [5.74, 6) is 0.923. The van der Waals surface area contributed by atoms with Crippen molar-refractivity contribution in [1.29, 1.82) is 0 Å². The van der Waals surface area contributed by atoms with Crippen LogP contribution in [0.2, 0.25) is 0 Å². The third-order valence-electron chi connectivity index (χ3n) is 2.52. The van der Waals surface area contributed by atoms with Crippen LogP contribution in [0.25, 0.3) is 0 Å². The molecule has 1 aromatic heterocycles. The summed E-state index contributed by atoms with van der Waals surface area (Å²) in [5.41, 5.74) is 2.55. The number of aliphatic hydroxyl groups excluding tert-OH is 1. The molecule has 16 heavy (non-hydrogen) atoms. The second-order valence-corrected chi connectivity index (χ2v) is 3.69. The van der Waals surface area contributed by atoms with Gasteiger partial charge in [0.25, 0.3) is 0 Å². The number of benzene rings is 1. The van der Waals surface area contributed by atoms with E-state index in [0.29, 0.717) is 18.1 Å². The molecule has 0 aliphatic rings. The largest absolute Gasteiger partial charge is 0.388 e. The lowest BCUT2D eigenvalue weighted by atomic mass is 10.0. The van der Waals surface area contributed by atoms with Gasteiger partial charge in [-0.1, -0.05) is 29.4 Å². The molecule has 1 aromatic carbocycles. The zero-order valence-electron chi connectivity index (χ0n) is 9.18. The lowest BCUT2D eigenvalue weighted by molar-refractivity contribution is 0.262. The molecule has 84 valence electrons. The first kappa shape index (κ1) is 10.8. The molecular weight excluding hydrogens is 204 g/mol. The Morgan fingerprint density at radius 2 is 2.06 bits per heavy atom. The summed E-state index contributed by atoms with van der Waals surface area (Å²) in [7, 11) is 0. The summed E-state index contributed by atoms with van der Waals surface area (Å²) in [6, 6.07) is 8.23. The molecule has 0 saturated heterocycles. The maximum Gasteiger partial charge on any atom is 0.227 e. The molecule has 0 bridgehead atoms. The van der Waals surface area contributed by atoms with Crippen molar-refractivity contribution in [1.82, 2.24) is 10.1 Å². The molecule has 0 aliphatic heterocycles. The number of nitrogens with zero attached hydrogens (tertiary/aromatic N) is 2. The Labute approximate surface area is 93.9 Å². The van der Waals surface area contributed by atoms with E-state index in [9.17, 15) is 0 Å². The van der Waals surface area contributed by atoms with Crippen LogP contribution in [0.15, 0.2) is 28.8 Å². The Bertz CT molecular complexity index is 466. The van der Waals surface area contributed by atoms with Gasteiger partial charge in [-0.15, -0.1) is 0 Å². The van der Waals surface area contributed by atoms with Gasteiger partial charge in [0.1, 0.15) is 6.61 Å². The summed E-state index contributed by atoms with van der Waals surface area (Å²) in [6.45, 7) is 1.91. The zero-order valence-corrected chi connectivity index (χ0v) is 9.18. The second kappa shape index (κ2) is 4.90. The van der Waals surface area contributed by atoms with Crippen LogP contribution in [0.3, 0.4) is 0 Å². The fourth-order valence-corrected chi connectivity index (χ4v) is 1.59. The van der Waals surface area contributed by atoms with Crippen molar-refractivity contribution < 1.29 is 9.63 Å². The van der Waals surface area contributed by atoms with Crippen molar-refractivity contribution in [2.45, 2.75) is 26.4 Å². The molecule has 0 saturated carbocycles. The summed E-state index contributed by atoms with van der Waals surface area (Å²) in [5, 5.41) is 12.4. The van der Waals surface area contributed by atoms with Gasteiger partial charge in [0, 0.05) is 6.42 Å². The maximum atomic E-state index is 8.80. The van der Waals surface area contributed by atoms with Gasteiger partial charge in [0.2, 0.25) is 5.89 Å². The van der Waals surface area contributed by atoms with Gasteiger partial charge >= 0.3 is 0 Å². The van der Waals surface area contributed by atoms with Gasteiger partial charge in [0.05, 0.1) is 0 Å². The smallest absolute Gasteiger partial charge is 0.227 e. The Morgan fingerprint density at radius 3 is 2.75 bits per heavy atom. The van der Waals surface area contributed by atoms with Crippen molar-refractivity contribution in [3.05, 3.63) is 47.1 Å². The molecule has 1 N–H and O–H groups in total. The van der Waals surface area contributed by atoms with Gasteiger partial charge in [-0.25, -0.2) is 0 Å². The van der Waals surface area contributed by atoms with Crippen LogP contribution >= 0.6 is 0 Å². The van der Waals surface area contributed by atoms with Crippen LogP contribution in [-0.2, 0) is 19.4 Å². The predicted molar refractivity (Wildman–Crippen MR) is 58.8 cm³/mol. The predicted octanol–water partition coefficient (Wildman–Crippen LogP) is 1.66. The van der Waals surface area contributed by atoms with Gasteiger partial charge in [-0.2, -0.15) is 4.98 Å². The molecule has 0 radical (unpaired) electrons. The number of hydrogen-bond donors (Lipinski definition) is 1. The highest BCUT2D eigenvalue weighted by Gasteiger charge is 2.06. The standard InChI is InChI=1S/C12H14N2O2/c1-9-4-2-3-5-10(9)6-7-12-13-11(8-15)14-16-12/h2-5,15H,6-8H2,1H3. The van der Waals surface area contributed by atoms with Gasteiger partial charge in [-0.3, -0.25) is 0 Å². The van der Waals surface area contributed by atoms with Gasteiger partial charge < -0.3 is 9.63 Å². The van der Waals surface area contributed by atoms with E-state index in [1.165, 1.54) is 11.1 Å². The van der Waals surface area contributed by atoms with Crippen LogP contribution in [-0.4, -0.2) is 15.2 Å². The first-order valence-corrected chi connectivity index (χ1v) is 5.26. The van der Waals surface area contributed by atoms with E-state index >= 15 is 0 Å².